The van der Waals surface area contributed by atoms with Gasteiger partial charge in [-0.3, -0.25) is 10.00 Å². The summed E-state index contributed by atoms with van der Waals surface area (Å²) in [6, 6.07) is 8.79. The molecule has 1 aromatic heterocycles. The average molecular weight is 218 g/mol. The minimum atomic E-state index is -0.591. The first-order valence-corrected chi connectivity index (χ1v) is 4.64. The number of benzene rings is 1. The van der Waals surface area contributed by atoms with Crippen molar-refractivity contribution in [1.82, 2.24) is 15.0 Å². The van der Waals surface area contributed by atoms with Gasteiger partial charge >= 0.3 is 6.09 Å². The van der Waals surface area contributed by atoms with Crippen molar-refractivity contribution in [3.05, 3.63) is 36.5 Å². The van der Waals surface area contributed by atoms with Gasteiger partial charge in [0.15, 0.2) is 5.82 Å². The van der Waals surface area contributed by atoms with Crippen molar-refractivity contribution in [3.63, 3.8) is 0 Å². The predicted molar refractivity (Wildman–Crippen MR) is 57.1 cm³/mol. The van der Waals surface area contributed by atoms with Crippen LogP contribution in [0.1, 0.15) is 0 Å². The van der Waals surface area contributed by atoms with Crippen molar-refractivity contribution >= 4 is 11.9 Å². The highest BCUT2D eigenvalue weighted by Gasteiger charge is 2.06. The molecule has 0 aliphatic rings. The zero-order valence-corrected chi connectivity index (χ0v) is 8.62. The number of para-hydroxylation sites is 1. The number of carbonyl (C=O) groups excluding carboxylic acids is 1. The van der Waals surface area contributed by atoms with Crippen molar-refractivity contribution in [2.75, 3.05) is 5.32 Å². The Morgan fingerprint density at radius 1 is 1.38 bits per heavy atom. The second kappa shape index (κ2) is 4.43. The molecule has 0 radical (unpaired) electrons. The lowest BCUT2D eigenvalue weighted by atomic mass is 10.3. The normalized spacial score (nSPS) is 9.81. The summed E-state index contributed by atoms with van der Waals surface area (Å²) in [6.07, 6.45) is 0.985. The van der Waals surface area contributed by atoms with Gasteiger partial charge in [0, 0.05) is 7.05 Å². The predicted octanol–water partition coefficient (Wildman–Crippen LogP) is 1.43. The van der Waals surface area contributed by atoms with Crippen LogP contribution in [0.5, 0.6) is 5.75 Å². The first kappa shape index (κ1) is 10.2. The first-order valence-electron chi connectivity index (χ1n) is 4.64. The maximum absolute atomic E-state index is 11.4. The molecule has 0 saturated carbocycles. The van der Waals surface area contributed by atoms with E-state index in [0.29, 0.717) is 11.6 Å². The summed E-state index contributed by atoms with van der Waals surface area (Å²) in [6.45, 7) is 0. The van der Waals surface area contributed by atoms with E-state index in [1.807, 2.05) is 6.07 Å². The van der Waals surface area contributed by atoms with E-state index in [4.69, 9.17) is 4.74 Å². The van der Waals surface area contributed by atoms with Crippen LogP contribution < -0.4 is 10.1 Å². The van der Waals surface area contributed by atoms with Gasteiger partial charge in [0.2, 0.25) is 0 Å². The number of anilines is 1. The van der Waals surface area contributed by atoms with Crippen molar-refractivity contribution < 1.29 is 9.53 Å². The largest absolute Gasteiger partial charge is 0.418 e. The molecule has 0 spiro atoms. The van der Waals surface area contributed by atoms with E-state index in [2.05, 4.69) is 15.6 Å². The first-order chi connectivity index (χ1) is 7.74. The number of amides is 1. The second-order valence-corrected chi connectivity index (χ2v) is 3.11. The van der Waals surface area contributed by atoms with Crippen molar-refractivity contribution in [3.8, 4) is 5.75 Å². The molecule has 1 N–H and O–H groups in total. The Kier molecular flexibility index (Phi) is 2.81. The molecule has 0 saturated heterocycles. The van der Waals surface area contributed by atoms with Gasteiger partial charge in [0.25, 0.3) is 0 Å². The highest BCUT2D eigenvalue weighted by atomic mass is 16.6. The Morgan fingerprint density at radius 3 is 2.75 bits per heavy atom. The van der Waals surface area contributed by atoms with E-state index in [-0.39, 0.29) is 0 Å². The molecule has 1 heterocycles. The molecule has 82 valence electrons. The smallest absolute Gasteiger partial charge is 0.410 e. The van der Waals surface area contributed by atoms with Crippen LogP contribution in [0.2, 0.25) is 0 Å². The second-order valence-electron chi connectivity index (χ2n) is 3.11. The van der Waals surface area contributed by atoms with Gasteiger partial charge in [-0.15, -0.1) is 5.10 Å². The Balaban J connectivity index is 1.95. The van der Waals surface area contributed by atoms with Gasteiger partial charge in [-0.2, -0.15) is 0 Å². The number of rotatable bonds is 2. The van der Waals surface area contributed by atoms with Gasteiger partial charge in [-0.05, 0) is 12.1 Å². The maximum Gasteiger partial charge on any atom is 0.418 e. The Morgan fingerprint density at radius 2 is 2.12 bits per heavy atom. The number of carbonyl (C=O) groups is 1. The number of aromatic nitrogens is 3. The third kappa shape index (κ3) is 2.57. The quantitative estimate of drug-likeness (QED) is 0.827. The molecular weight excluding hydrogens is 208 g/mol. The van der Waals surface area contributed by atoms with Crippen LogP contribution in [0.25, 0.3) is 0 Å². The van der Waals surface area contributed by atoms with Crippen LogP contribution in [0, 0.1) is 0 Å². The Labute approximate surface area is 91.8 Å². The molecule has 0 aliphatic carbocycles. The zero-order chi connectivity index (χ0) is 11.4. The molecule has 2 rings (SSSR count). The van der Waals surface area contributed by atoms with Gasteiger partial charge in [-0.25, -0.2) is 4.79 Å². The molecule has 16 heavy (non-hydrogen) atoms. The molecule has 0 fully saturated rings. The highest BCUT2D eigenvalue weighted by Crippen LogP contribution is 2.09. The molecule has 1 aromatic carbocycles. The Hall–Kier alpha value is -2.37. The minimum Gasteiger partial charge on any atom is -0.410 e. The lowest BCUT2D eigenvalue weighted by Gasteiger charge is -2.02. The van der Waals surface area contributed by atoms with Crippen LogP contribution in [0.15, 0.2) is 36.5 Å². The van der Waals surface area contributed by atoms with Crippen LogP contribution in [0.4, 0.5) is 10.6 Å². The molecule has 0 bridgehead atoms. The SMILES string of the molecule is Cn1cc(NC(=O)Oc2ccccc2)nn1. The Bertz CT molecular complexity index is 481. The van der Waals surface area contributed by atoms with E-state index in [1.54, 1.807) is 37.5 Å². The van der Waals surface area contributed by atoms with Gasteiger partial charge in [0.05, 0.1) is 6.20 Å². The van der Waals surface area contributed by atoms with Crippen molar-refractivity contribution in [2.45, 2.75) is 0 Å². The standard InChI is InChI=1S/C10H10N4O2/c1-14-7-9(12-13-14)11-10(15)16-8-5-3-2-4-6-8/h2-7H,1H3,(H,11,15). The zero-order valence-electron chi connectivity index (χ0n) is 8.62. The van der Waals surface area contributed by atoms with Crippen LogP contribution >= 0.6 is 0 Å². The van der Waals surface area contributed by atoms with Gasteiger partial charge in [-0.1, -0.05) is 23.4 Å². The summed E-state index contributed by atoms with van der Waals surface area (Å²) in [4.78, 5) is 11.4. The van der Waals surface area contributed by atoms with Crippen molar-refractivity contribution in [2.24, 2.45) is 7.05 Å². The fourth-order valence-electron chi connectivity index (χ4n) is 1.13. The van der Waals surface area contributed by atoms with E-state index in [0.717, 1.165) is 0 Å². The lowest BCUT2D eigenvalue weighted by molar-refractivity contribution is 0.215. The third-order valence-corrected chi connectivity index (χ3v) is 1.79. The van der Waals surface area contributed by atoms with E-state index in [9.17, 15) is 4.79 Å². The monoisotopic (exact) mass is 218 g/mol. The van der Waals surface area contributed by atoms with Crippen LogP contribution in [-0.4, -0.2) is 21.1 Å². The highest BCUT2D eigenvalue weighted by molar-refractivity contribution is 5.84. The molecular formula is C10H10N4O2. The summed E-state index contributed by atoms with van der Waals surface area (Å²) in [5.74, 6) is 0.826. The van der Waals surface area contributed by atoms with Crippen LogP contribution in [0.3, 0.4) is 0 Å². The molecule has 0 unspecified atom stereocenters. The fourth-order valence-corrected chi connectivity index (χ4v) is 1.13. The van der Waals surface area contributed by atoms with E-state index >= 15 is 0 Å². The van der Waals surface area contributed by atoms with Gasteiger partial charge < -0.3 is 4.74 Å². The number of hydrogen-bond acceptors (Lipinski definition) is 4. The third-order valence-electron chi connectivity index (χ3n) is 1.79. The molecule has 0 aliphatic heterocycles. The number of aryl methyl sites for hydroxylation is 1. The average Bonchev–Trinajstić information content (AvgIpc) is 2.65. The van der Waals surface area contributed by atoms with E-state index in [1.165, 1.54) is 4.68 Å². The molecule has 1 amide bonds. The summed E-state index contributed by atoms with van der Waals surface area (Å²) in [5, 5.41) is 9.83. The number of nitrogens with one attached hydrogen (secondary N) is 1. The van der Waals surface area contributed by atoms with Crippen molar-refractivity contribution in [1.29, 1.82) is 0 Å². The van der Waals surface area contributed by atoms with Crippen LogP contribution in [-0.2, 0) is 7.05 Å². The number of ether oxygens (including phenoxy) is 1. The minimum absolute atomic E-state index is 0.350. The topological polar surface area (TPSA) is 69.0 Å². The molecule has 2 aromatic rings. The fraction of sp³-hybridized carbons (Fsp3) is 0.100. The summed E-state index contributed by atoms with van der Waals surface area (Å²) < 4.78 is 6.48. The summed E-state index contributed by atoms with van der Waals surface area (Å²) >= 11 is 0. The number of nitrogens with zero attached hydrogens (tertiary/aromatic N) is 3. The lowest BCUT2D eigenvalue weighted by Crippen LogP contribution is -2.16. The van der Waals surface area contributed by atoms with E-state index < -0.39 is 6.09 Å². The molecule has 0 atom stereocenters. The maximum atomic E-state index is 11.4. The number of hydrogen-bond donors (Lipinski definition) is 1. The summed E-state index contributed by atoms with van der Waals surface area (Å²) in [5.41, 5.74) is 0. The molecule has 6 nitrogen and oxygen atoms in total. The van der Waals surface area contributed by atoms with Gasteiger partial charge in [0.1, 0.15) is 5.75 Å². The molecule has 6 heteroatoms. The summed E-state index contributed by atoms with van der Waals surface area (Å²) in [7, 11) is 1.71.